The summed E-state index contributed by atoms with van der Waals surface area (Å²) in [5.41, 5.74) is 2.09. The van der Waals surface area contributed by atoms with Crippen LogP contribution in [0.15, 0.2) is 51.6 Å². The Labute approximate surface area is 187 Å². The monoisotopic (exact) mass is 467 g/mol. The van der Waals surface area contributed by atoms with Gasteiger partial charge in [0.15, 0.2) is 0 Å². The van der Waals surface area contributed by atoms with E-state index in [2.05, 4.69) is 31.2 Å². The number of fused-ring (bicyclic) bond motifs is 1. The third-order valence-electron chi connectivity index (χ3n) is 4.82. The fraction of sp³-hybridized carbons (Fsp3) is 0.364. The van der Waals surface area contributed by atoms with E-state index in [1.165, 1.54) is 21.8 Å². The Kier molecular flexibility index (Phi) is 7.68. The van der Waals surface area contributed by atoms with Crippen molar-refractivity contribution in [2.24, 2.45) is 0 Å². The molecule has 0 unspecified atom stereocenters. The Morgan fingerprint density at radius 3 is 2.62 bits per heavy atom. The summed E-state index contributed by atoms with van der Waals surface area (Å²) in [6.45, 7) is 7.03. The lowest BCUT2D eigenvalue weighted by molar-refractivity contribution is 0.430. The van der Waals surface area contributed by atoms with Crippen LogP contribution in [0.4, 0.5) is 0 Å². The molecule has 0 spiro atoms. The summed E-state index contributed by atoms with van der Waals surface area (Å²) in [6, 6.07) is 14.0. The summed E-state index contributed by atoms with van der Waals surface area (Å²) in [7, 11) is -3.54. The van der Waals surface area contributed by atoms with Gasteiger partial charge in [0.05, 0.1) is 0 Å². The van der Waals surface area contributed by atoms with Gasteiger partial charge < -0.3 is 0 Å². The highest BCUT2D eigenvalue weighted by atomic mass is 35.5. The zero-order chi connectivity index (χ0) is 21.0. The van der Waals surface area contributed by atoms with E-state index in [1.54, 1.807) is 22.1 Å². The smallest absolute Gasteiger partial charge is 0.206 e. The topological polar surface area (TPSA) is 37.4 Å². The predicted octanol–water partition coefficient (Wildman–Crippen LogP) is 6.62. The summed E-state index contributed by atoms with van der Waals surface area (Å²) < 4.78 is 29.9. The lowest BCUT2D eigenvalue weighted by atomic mass is 10.2. The number of benzene rings is 2. The van der Waals surface area contributed by atoms with Crippen LogP contribution in [-0.2, 0) is 16.4 Å². The van der Waals surface area contributed by atoms with Crippen LogP contribution in [0.5, 0.6) is 0 Å². The quantitative estimate of drug-likeness (QED) is 0.332. The first-order valence-corrected chi connectivity index (χ1v) is 13.4. The van der Waals surface area contributed by atoms with E-state index in [4.69, 9.17) is 11.6 Å². The van der Waals surface area contributed by atoms with Gasteiger partial charge in [-0.05, 0) is 66.6 Å². The second-order valence-corrected chi connectivity index (χ2v) is 11.7. The Morgan fingerprint density at radius 2 is 1.90 bits per heavy atom. The molecule has 1 aromatic heterocycles. The maximum absolute atomic E-state index is 13.4. The van der Waals surface area contributed by atoms with Crippen LogP contribution in [0.3, 0.4) is 0 Å². The van der Waals surface area contributed by atoms with Gasteiger partial charge in [-0.3, -0.25) is 0 Å². The predicted molar refractivity (Wildman–Crippen MR) is 127 cm³/mol. The Balaban J connectivity index is 1.81. The number of thiophene rings is 1. The van der Waals surface area contributed by atoms with Gasteiger partial charge in [-0.1, -0.05) is 37.6 Å². The van der Waals surface area contributed by atoms with Crippen LogP contribution in [0.1, 0.15) is 31.4 Å². The van der Waals surface area contributed by atoms with Crippen molar-refractivity contribution in [3.05, 3.63) is 58.6 Å². The molecule has 0 aliphatic carbocycles. The van der Waals surface area contributed by atoms with Crippen LogP contribution >= 0.6 is 34.7 Å². The summed E-state index contributed by atoms with van der Waals surface area (Å²) in [5, 5.41) is 1.54. The molecular formula is C22H26ClNO2S3. The van der Waals surface area contributed by atoms with Crippen LogP contribution in [0, 0.1) is 6.92 Å². The number of sulfonamides is 1. The molecule has 0 amide bonds. The number of hydrogen-bond acceptors (Lipinski definition) is 4. The summed E-state index contributed by atoms with van der Waals surface area (Å²) in [4.78, 5) is 1.19. The molecule has 0 aliphatic heterocycles. The molecular weight excluding hydrogens is 442 g/mol. The zero-order valence-electron chi connectivity index (χ0n) is 16.9. The van der Waals surface area contributed by atoms with Gasteiger partial charge in [-0.25, -0.2) is 8.42 Å². The highest BCUT2D eigenvalue weighted by Crippen LogP contribution is 2.37. The molecule has 156 valence electrons. The molecule has 3 rings (SSSR count). The molecule has 3 nitrogen and oxygen atoms in total. The summed E-state index contributed by atoms with van der Waals surface area (Å²) in [5.74, 6) is 0.724. The van der Waals surface area contributed by atoms with Crippen molar-refractivity contribution >= 4 is 54.8 Å². The van der Waals surface area contributed by atoms with E-state index in [-0.39, 0.29) is 0 Å². The van der Waals surface area contributed by atoms with E-state index in [9.17, 15) is 8.42 Å². The van der Waals surface area contributed by atoms with E-state index in [0.29, 0.717) is 22.3 Å². The highest BCUT2D eigenvalue weighted by molar-refractivity contribution is 7.99. The number of rotatable bonds is 9. The molecule has 29 heavy (non-hydrogen) atoms. The van der Waals surface area contributed by atoms with Crippen molar-refractivity contribution in [1.29, 1.82) is 0 Å². The Hall–Kier alpha value is -1.05. The molecule has 0 saturated heterocycles. The first kappa shape index (κ1) is 22.6. The lowest BCUT2D eigenvalue weighted by Gasteiger charge is -2.21. The largest absolute Gasteiger partial charge is 0.252 e. The molecule has 3 aromatic rings. The van der Waals surface area contributed by atoms with Gasteiger partial charge in [0.1, 0.15) is 4.21 Å². The van der Waals surface area contributed by atoms with Gasteiger partial charge in [-0.15, -0.1) is 23.1 Å². The third-order valence-corrected chi connectivity index (χ3v) is 9.80. The molecule has 0 bridgehead atoms. The zero-order valence-corrected chi connectivity index (χ0v) is 20.1. The van der Waals surface area contributed by atoms with Gasteiger partial charge >= 0.3 is 0 Å². The van der Waals surface area contributed by atoms with E-state index < -0.39 is 10.0 Å². The average Bonchev–Trinajstić information content (AvgIpc) is 3.04. The minimum absolute atomic E-state index is 0.432. The minimum atomic E-state index is -3.54. The van der Waals surface area contributed by atoms with Crippen molar-refractivity contribution in [1.82, 2.24) is 4.31 Å². The van der Waals surface area contributed by atoms with Crippen molar-refractivity contribution in [3.8, 4) is 0 Å². The molecule has 0 radical (unpaired) electrons. The number of halogens is 1. The van der Waals surface area contributed by atoms with Crippen molar-refractivity contribution < 1.29 is 8.42 Å². The van der Waals surface area contributed by atoms with E-state index in [0.717, 1.165) is 34.2 Å². The number of aryl methyl sites for hydroxylation is 2. The molecule has 0 N–H and O–H groups in total. The normalized spacial score (nSPS) is 12.2. The van der Waals surface area contributed by atoms with Crippen LogP contribution < -0.4 is 0 Å². The highest BCUT2D eigenvalue weighted by Gasteiger charge is 2.28. The van der Waals surface area contributed by atoms with Crippen LogP contribution in [-0.4, -0.2) is 31.6 Å². The Morgan fingerprint density at radius 1 is 1.10 bits per heavy atom. The van der Waals surface area contributed by atoms with Gasteiger partial charge in [-0.2, -0.15) is 4.31 Å². The average molecular weight is 468 g/mol. The van der Waals surface area contributed by atoms with Gasteiger partial charge in [0.2, 0.25) is 0 Å². The molecule has 2 aromatic carbocycles. The second-order valence-electron chi connectivity index (χ2n) is 6.91. The van der Waals surface area contributed by atoms with Crippen molar-refractivity contribution in [3.63, 3.8) is 0 Å². The molecule has 0 aliphatic rings. The Bertz CT molecular complexity index is 1090. The minimum Gasteiger partial charge on any atom is -0.206 e. The van der Waals surface area contributed by atoms with Crippen molar-refractivity contribution in [2.75, 3.05) is 18.8 Å². The van der Waals surface area contributed by atoms with E-state index >= 15 is 0 Å². The summed E-state index contributed by atoms with van der Waals surface area (Å²) >= 11 is 9.16. The molecule has 7 heteroatoms. The second kappa shape index (κ2) is 9.84. The first-order chi connectivity index (χ1) is 13.9. The molecule has 1 heterocycles. The fourth-order valence-electron chi connectivity index (χ4n) is 3.26. The van der Waals surface area contributed by atoms with Gasteiger partial charge in [0.25, 0.3) is 10.0 Å². The fourth-order valence-corrected chi connectivity index (χ4v) is 7.91. The van der Waals surface area contributed by atoms with Gasteiger partial charge in [0, 0.05) is 33.5 Å². The van der Waals surface area contributed by atoms with Crippen molar-refractivity contribution in [2.45, 2.75) is 42.7 Å². The van der Waals surface area contributed by atoms with Crippen LogP contribution in [0.25, 0.3) is 10.1 Å². The number of thioether (sulfide) groups is 1. The maximum Gasteiger partial charge on any atom is 0.252 e. The molecule has 0 fully saturated rings. The van der Waals surface area contributed by atoms with E-state index in [1.807, 2.05) is 26.0 Å². The SMILES string of the molecule is CCCN(CCSc1cccc(CC)c1)S(=O)(=O)c1sc2ccc(Cl)cc2c1C. The number of hydrogen-bond donors (Lipinski definition) is 0. The third kappa shape index (κ3) is 5.17. The lowest BCUT2D eigenvalue weighted by Crippen LogP contribution is -2.33. The first-order valence-electron chi connectivity index (χ1n) is 9.77. The molecule has 0 saturated carbocycles. The number of nitrogens with zero attached hydrogens (tertiary/aromatic N) is 1. The molecule has 0 atom stereocenters. The summed E-state index contributed by atoms with van der Waals surface area (Å²) in [6.07, 6.45) is 1.78. The standard InChI is InChI=1S/C22H26ClNO2S3/c1-4-11-24(12-13-27-19-8-6-7-17(5-2)14-19)29(25,26)22-16(3)20-15-18(23)9-10-21(20)28-22/h6-10,14-15H,4-5,11-13H2,1-3H3. The maximum atomic E-state index is 13.4. The van der Waals surface area contributed by atoms with Crippen LogP contribution in [0.2, 0.25) is 5.02 Å².